The maximum atomic E-state index is 11.0. The van der Waals surface area contributed by atoms with Gasteiger partial charge in [0.1, 0.15) is 5.75 Å². The summed E-state index contributed by atoms with van der Waals surface area (Å²) in [5.41, 5.74) is 3.09. The van der Waals surface area contributed by atoms with Crippen molar-refractivity contribution in [3.63, 3.8) is 0 Å². The van der Waals surface area contributed by atoms with Gasteiger partial charge in [0.2, 0.25) is 0 Å². The van der Waals surface area contributed by atoms with Gasteiger partial charge in [0.05, 0.1) is 12.8 Å². The lowest BCUT2D eigenvalue weighted by molar-refractivity contribution is 0.0691. The number of rotatable bonds is 3. The molecule has 0 atom stereocenters. The van der Waals surface area contributed by atoms with E-state index in [0.717, 1.165) is 22.6 Å². The zero-order chi connectivity index (χ0) is 14.3. The highest BCUT2D eigenvalue weighted by atomic mass is 32.1. The molecule has 0 aliphatic rings. The molecule has 0 unspecified atom stereocenters. The minimum Gasteiger partial charge on any atom is -0.497 e. The monoisotopic (exact) mass is 288 g/mol. The van der Waals surface area contributed by atoms with Crippen LogP contribution < -0.4 is 4.74 Å². The number of hydrogen-bond donors (Lipinski definition) is 1. The van der Waals surface area contributed by atoms with Crippen molar-refractivity contribution >= 4 is 22.3 Å². The normalized spacial score (nSPS) is 10.9. The van der Waals surface area contributed by atoms with Crippen LogP contribution in [0.15, 0.2) is 29.8 Å². The molecule has 0 saturated heterocycles. The largest absolute Gasteiger partial charge is 0.497 e. The SMILES string of the molecule is COc1ccc(-c2csc3nc(C(=O)O)cn23)c(C)c1. The smallest absolute Gasteiger partial charge is 0.356 e. The number of methoxy groups -OCH3 is 1. The first-order chi connectivity index (χ1) is 9.60. The summed E-state index contributed by atoms with van der Waals surface area (Å²) >= 11 is 1.42. The van der Waals surface area contributed by atoms with E-state index in [1.165, 1.54) is 11.3 Å². The number of thiazole rings is 1. The van der Waals surface area contributed by atoms with E-state index in [4.69, 9.17) is 9.84 Å². The third kappa shape index (κ3) is 1.94. The number of hydrogen-bond acceptors (Lipinski definition) is 4. The number of aryl methyl sites for hydroxylation is 1. The number of fused-ring (bicyclic) bond motifs is 1. The molecule has 0 fully saturated rings. The number of aromatic carboxylic acids is 1. The van der Waals surface area contributed by atoms with Gasteiger partial charge in [0.15, 0.2) is 10.7 Å². The molecule has 0 bridgehead atoms. The van der Waals surface area contributed by atoms with E-state index in [9.17, 15) is 4.79 Å². The first kappa shape index (κ1) is 12.7. The highest BCUT2D eigenvalue weighted by molar-refractivity contribution is 7.15. The van der Waals surface area contributed by atoms with Crippen molar-refractivity contribution in [3.8, 4) is 17.0 Å². The summed E-state index contributed by atoms with van der Waals surface area (Å²) in [6.45, 7) is 2.00. The Bertz CT molecular complexity index is 804. The van der Waals surface area contributed by atoms with Crippen molar-refractivity contribution in [2.24, 2.45) is 0 Å². The number of benzene rings is 1. The van der Waals surface area contributed by atoms with Crippen LogP contribution in [0.4, 0.5) is 0 Å². The van der Waals surface area contributed by atoms with Crippen LogP contribution in [-0.4, -0.2) is 27.6 Å². The zero-order valence-corrected chi connectivity index (χ0v) is 11.8. The fourth-order valence-corrected chi connectivity index (χ4v) is 3.00. The molecule has 1 N–H and O–H groups in total. The molecule has 6 heteroatoms. The minimum atomic E-state index is -1.02. The Balaban J connectivity index is 2.16. The Labute approximate surface area is 119 Å². The second kappa shape index (κ2) is 4.64. The van der Waals surface area contributed by atoms with E-state index >= 15 is 0 Å². The van der Waals surface area contributed by atoms with Crippen LogP contribution in [0.2, 0.25) is 0 Å². The lowest BCUT2D eigenvalue weighted by atomic mass is 10.1. The van der Waals surface area contributed by atoms with E-state index in [1.54, 1.807) is 13.3 Å². The Morgan fingerprint density at radius 1 is 1.45 bits per heavy atom. The van der Waals surface area contributed by atoms with E-state index in [-0.39, 0.29) is 5.69 Å². The number of carboxylic acid groups (broad SMARTS) is 1. The number of ether oxygens (including phenoxy) is 1. The summed E-state index contributed by atoms with van der Waals surface area (Å²) in [5.74, 6) is -0.215. The van der Waals surface area contributed by atoms with Gasteiger partial charge < -0.3 is 9.84 Å². The van der Waals surface area contributed by atoms with Gasteiger partial charge in [-0.1, -0.05) is 0 Å². The van der Waals surface area contributed by atoms with Crippen molar-refractivity contribution in [1.82, 2.24) is 9.38 Å². The average molecular weight is 288 g/mol. The molecule has 3 rings (SSSR count). The zero-order valence-electron chi connectivity index (χ0n) is 11.0. The second-order valence-electron chi connectivity index (χ2n) is 4.39. The molecule has 2 aromatic heterocycles. The standard InChI is InChI=1S/C14H12N2O3S/c1-8-5-9(19-2)3-4-10(8)12-7-20-14-15-11(13(17)18)6-16(12)14/h3-7H,1-2H3,(H,17,18). The molecule has 0 aliphatic heterocycles. The summed E-state index contributed by atoms with van der Waals surface area (Å²) in [6, 6.07) is 5.81. The van der Waals surface area contributed by atoms with Crippen molar-refractivity contribution in [2.75, 3.05) is 7.11 Å². The van der Waals surface area contributed by atoms with Crippen LogP contribution in [0.25, 0.3) is 16.2 Å². The van der Waals surface area contributed by atoms with Crippen molar-refractivity contribution in [2.45, 2.75) is 6.92 Å². The molecule has 0 radical (unpaired) electrons. The summed E-state index contributed by atoms with van der Waals surface area (Å²) in [6.07, 6.45) is 1.55. The fourth-order valence-electron chi connectivity index (χ4n) is 2.13. The van der Waals surface area contributed by atoms with E-state index in [0.29, 0.717) is 4.96 Å². The lowest BCUT2D eigenvalue weighted by Crippen LogP contribution is -1.95. The van der Waals surface area contributed by atoms with Crippen LogP contribution in [0, 0.1) is 6.92 Å². The Morgan fingerprint density at radius 3 is 2.90 bits per heavy atom. The topological polar surface area (TPSA) is 63.8 Å². The molecule has 0 aliphatic carbocycles. The van der Waals surface area contributed by atoms with Crippen LogP contribution in [-0.2, 0) is 0 Å². The molecular weight excluding hydrogens is 276 g/mol. The average Bonchev–Trinajstić information content (AvgIpc) is 2.99. The summed E-state index contributed by atoms with van der Waals surface area (Å²) in [5, 5.41) is 11.0. The van der Waals surface area contributed by atoms with Crippen molar-refractivity contribution in [1.29, 1.82) is 0 Å². The number of carboxylic acids is 1. The van der Waals surface area contributed by atoms with E-state index in [2.05, 4.69) is 4.98 Å². The first-order valence-corrected chi connectivity index (χ1v) is 6.83. The third-order valence-corrected chi connectivity index (χ3v) is 3.98. The number of nitrogens with zero attached hydrogens (tertiary/aromatic N) is 2. The van der Waals surface area contributed by atoms with Gasteiger partial charge in [-0.05, 0) is 30.7 Å². The number of imidazole rings is 1. The quantitative estimate of drug-likeness (QED) is 0.804. The Kier molecular flexibility index (Phi) is 2.94. The number of aromatic nitrogens is 2. The molecule has 3 aromatic rings. The summed E-state index contributed by atoms with van der Waals surface area (Å²) in [4.78, 5) is 15.7. The van der Waals surface area contributed by atoms with Crippen molar-refractivity contribution < 1.29 is 14.6 Å². The minimum absolute atomic E-state index is 0.0595. The Hall–Kier alpha value is -2.34. The molecule has 0 amide bonds. The van der Waals surface area contributed by atoms with Gasteiger partial charge >= 0.3 is 5.97 Å². The van der Waals surface area contributed by atoms with Crippen LogP contribution in [0.1, 0.15) is 16.1 Å². The molecule has 0 saturated carbocycles. The fraction of sp³-hybridized carbons (Fsp3) is 0.143. The summed E-state index contributed by atoms with van der Waals surface area (Å²) < 4.78 is 7.00. The molecule has 0 spiro atoms. The van der Waals surface area contributed by atoms with Crippen LogP contribution in [0.3, 0.4) is 0 Å². The van der Waals surface area contributed by atoms with Gasteiger partial charge in [-0.25, -0.2) is 9.78 Å². The molecule has 102 valence electrons. The van der Waals surface area contributed by atoms with Gasteiger partial charge in [0.25, 0.3) is 0 Å². The van der Waals surface area contributed by atoms with Crippen LogP contribution >= 0.6 is 11.3 Å². The van der Waals surface area contributed by atoms with Gasteiger partial charge in [-0.15, -0.1) is 11.3 Å². The van der Waals surface area contributed by atoms with Crippen LogP contribution in [0.5, 0.6) is 5.75 Å². The molecule has 20 heavy (non-hydrogen) atoms. The third-order valence-electron chi connectivity index (χ3n) is 3.14. The van der Waals surface area contributed by atoms with E-state index in [1.807, 2.05) is 34.9 Å². The van der Waals surface area contributed by atoms with E-state index < -0.39 is 5.97 Å². The number of carbonyl (C=O) groups is 1. The maximum absolute atomic E-state index is 11.0. The van der Waals surface area contributed by atoms with Gasteiger partial charge in [-0.3, -0.25) is 4.40 Å². The first-order valence-electron chi connectivity index (χ1n) is 5.95. The lowest BCUT2D eigenvalue weighted by Gasteiger charge is -2.07. The predicted molar refractivity (Wildman–Crippen MR) is 76.8 cm³/mol. The molecule has 5 nitrogen and oxygen atoms in total. The molecule has 1 aromatic carbocycles. The van der Waals surface area contributed by atoms with Gasteiger partial charge in [0, 0.05) is 17.1 Å². The second-order valence-corrected chi connectivity index (χ2v) is 5.22. The predicted octanol–water partition coefficient (Wildman–Crippen LogP) is 3.08. The summed E-state index contributed by atoms with van der Waals surface area (Å²) in [7, 11) is 1.63. The van der Waals surface area contributed by atoms with Crippen molar-refractivity contribution in [3.05, 3.63) is 41.0 Å². The highest BCUT2D eigenvalue weighted by Crippen LogP contribution is 2.30. The molecule has 2 heterocycles. The maximum Gasteiger partial charge on any atom is 0.356 e. The van der Waals surface area contributed by atoms with Gasteiger partial charge in [-0.2, -0.15) is 0 Å². The molecular formula is C14H12N2O3S. The highest BCUT2D eigenvalue weighted by Gasteiger charge is 2.14. The Morgan fingerprint density at radius 2 is 2.25 bits per heavy atom.